The fourth-order valence-corrected chi connectivity index (χ4v) is 2.66. The lowest BCUT2D eigenvalue weighted by Gasteiger charge is -2.03. The Hall–Kier alpha value is -1.31. The number of unbranched alkanes of at least 4 members (excludes halogenated alkanes) is 10. The zero-order valence-corrected chi connectivity index (χ0v) is 17.6. The van der Waals surface area contributed by atoms with E-state index < -0.39 is 0 Å². The summed E-state index contributed by atoms with van der Waals surface area (Å²) in [4.78, 5) is 11.5. The topological polar surface area (TPSA) is 29.1 Å². The van der Waals surface area contributed by atoms with E-state index in [0.29, 0.717) is 5.92 Å². The first-order chi connectivity index (χ1) is 12.7. The van der Waals surface area contributed by atoms with Crippen molar-refractivity contribution in [2.45, 2.75) is 97.8 Å². The summed E-state index contributed by atoms with van der Waals surface area (Å²) < 4.78 is 0. The van der Waals surface area contributed by atoms with Crippen LogP contribution < -0.4 is 5.32 Å². The highest BCUT2D eigenvalue weighted by atomic mass is 16.1. The van der Waals surface area contributed by atoms with Crippen LogP contribution >= 0.6 is 0 Å². The Balaban J connectivity index is 3.34. The molecule has 0 spiro atoms. The van der Waals surface area contributed by atoms with Crippen molar-refractivity contribution < 1.29 is 4.79 Å². The first-order valence-corrected chi connectivity index (χ1v) is 10.9. The summed E-state index contributed by atoms with van der Waals surface area (Å²) in [6, 6.07) is 0. The van der Waals surface area contributed by atoms with E-state index in [9.17, 15) is 4.79 Å². The summed E-state index contributed by atoms with van der Waals surface area (Å²) in [5.74, 6) is 0.495. The van der Waals surface area contributed by atoms with Crippen molar-refractivity contribution in [1.82, 2.24) is 5.32 Å². The SMILES string of the molecule is CCCCC/C=C\CCCCCCCC/C=C/C=C/C(=O)NCC(C)C. The van der Waals surface area contributed by atoms with Crippen molar-refractivity contribution in [3.05, 3.63) is 36.5 Å². The van der Waals surface area contributed by atoms with Crippen LogP contribution in [0.3, 0.4) is 0 Å². The van der Waals surface area contributed by atoms with Crippen LogP contribution in [0.1, 0.15) is 97.8 Å². The van der Waals surface area contributed by atoms with E-state index in [4.69, 9.17) is 0 Å². The Bertz CT molecular complexity index is 393. The second-order valence-electron chi connectivity index (χ2n) is 7.59. The van der Waals surface area contributed by atoms with Crippen LogP contribution in [0.2, 0.25) is 0 Å². The highest BCUT2D eigenvalue weighted by Gasteiger charge is 1.95. The molecule has 2 nitrogen and oxygen atoms in total. The Kier molecular flexibility index (Phi) is 19.0. The Morgan fingerprint density at radius 1 is 0.769 bits per heavy atom. The lowest BCUT2D eigenvalue weighted by atomic mass is 10.1. The van der Waals surface area contributed by atoms with Crippen LogP contribution in [0.15, 0.2) is 36.5 Å². The Morgan fingerprint density at radius 2 is 1.31 bits per heavy atom. The zero-order chi connectivity index (χ0) is 19.3. The van der Waals surface area contributed by atoms with Gasteiger partial charge in [-0.1, -0.05) is 89.7 Å². The number of nitrogens with one attached hydrogen (secondary N) is 1. The Labute approximate surface area is 163 Å². The van der Waals surface area contributed by atoms with Crippen LogP contribution in [-0.2, 0) is 4.79 Å². The third-order valence-electron chi connectivity index (χ3n) is 4.31. The number of amides is 1. The third kappa shape index (κ3) is 20.7. The molecule has 26 heavy (non-hydrogen) atoms. The van der Waals surface area contributed by atoms with Gasteiger partial charge in [0.15, 0.2) is 0 Å². The van der Waals surface area contributed by atoms with Crippen LogP contribution in [0.4, 0.5) is 0 Å². The number of carbonyl (C=O) groups is 1. The molecule has 0 radical (unpaired) electrons. The van der Waals surface area contributed by atoms with Gasteiger partial charge in [0.2, 0.25) is 5.91 Å². The van der Waals surface area contributed by atoms with E-state index in [1.165, 1.54) is 70.6 Å². The molecule has 150 valence electrons. The molecule has 0 aromatic carbocycles. The lowest BCUT2D eigenvalue weighted by Crippen LogP contribution is -2.25. The van der Waals surface area contributed by atoms with Crippen LogP contribution in [0.5, 0.6) is 0 Å². The molecule has 0 bridgehead atoms. The second kappa shape index (κ2) is 20.0. The molecule has 0 heterocycles. The molecule has 0 atom stereocenters. The van der Waals surface area contributed by atoms with Crippen LogP contribution in [0, 0.1) is 5.92 Å². The van der Waals surface area contributed by atoms with Gasteiger partial charge < -0.3 is 5.32 Å². The van der Waals surface area contributed by atoms with E-state index in [1.54, 1.807) is 6.08 Å². The van der Waals surface area contributed by atoms with Gasteiger partial charge in [-0.3, -0.25) is 4.79 Å². The molecule has 2 heteroatoms. The predicted molar refractivity (Wildman–Crippen MR) is 116 cm³/mol. The van der Waals surface area contributed by atoms with Gasteiger partial charge in [-0.2, -0.15) is 0 Å². The number of rotatable bonds is 17. The predicted octanol–water partition coefficient (Wildman–Crippen LogP) is 7.13. The van der Waals surface area contributed by atoms with Gasteiger partial charge in [-0.15, -0.1) is 0 Å². The second-order valence-corrected chi connectivity index (χ2v) is 7.59. The molecule has 1 amide bonds. The summed E-state index contributed by atoms with van der Waals surface area (Å²) in [6.07, 6.45) is 28.0. The molecule has 0 unspecified atom stereocenters. The molecule has 0 rings (SSSR count). The number of carbonyl (C=O) groups excluding carboxylic acids is 1. The average Bonchev–Trinajstić information content (AvgIpc) is 2.62. The number of hydrogen-bond donors (Lipinski definition) is 1. The van der Waals surface area contributed by atoms with Crippen molar-refractivity contribution in [2.75, 3.05) is 6.54 Å². The van der Waals surface area contributed by atoms with E-state index in [0.717, 1.165) is 13.0 Å². The van der Waals surface area contributed by atoms with E-state index in [-0.39, 0.29) is 5.91 Å². The van der Waals surface area contributed by atoms with Gasteiger partial charge in [0, 0.05) is 12.6 Å². The molecular formula is C24H43NO. The first-order valence-electron chi connectivity index (χ1n) is 10.9. The van der Waals surface area contributed by atoms with E-state index in [1.807, 2.05) is 12.2 Å². The van der Waals surface area contributed by atoms with Gasteiger partial charge >= 0.3 is 0 Å². The minimum atomic E-state index is -0.000783. The lowest BCUT2D eigenvalue weighted by molar-refractivity contribution is -0.116. The third-order valence-corrected chi connectivity index (χ3v) is 4.31. The minimum Gasteiger partial charge on any atom is -0.352 e. The molecular weight excluding hydrogens is 318 g/mol. The largest absolute Gasteiger partial charge is 0.352 e. The molecule has 1 N–H and O–H groups in total. The quantitative estimate of drug-likeness (QED) is 0.127. The summed E-state index contributed by atoms with van der Waals surface area (Å²) in [7, 11) is 0. The smallest absolute Gasteiger partial charge is 0.243 e. The van der Waals surface area contributed by atoms with Crippen molar-refractivity contribution >= 4 is 5.91 Å². The van der Waals surface area contributed by atoms with E-state index >= 15 is 0 Å². The van der Waals surface area contributed by atoms with E-state index in [2.05, 4.69) is 44.3 Å². The maximum absolute atomic E-state index is 11.5. The van der Waals surface area contributed by atoms with Crippen molar-refractivity contribution in [3.8, 4) is 0 Å². The molecule has 0 fully saturated rings. The normalized spacial score (nSPS) is 12.2. The van der Waals surface area contributed by atoms with Crippen molar-refractivity contribution in [2.24, 2.45) is 5.92 Å². The molecule has 0 saturated heterocycles. The maximum Gasteiger partial charge on any atom is 0.243 e. The maximum atomic E-state index is 11.5. The summed E-state index contributed by atoms with van der Waals surface area (Å²) in [5, 5.41) is 2.87. The molecule has 0 aliphatic heterocycles. The monoisotopic (exact) mass is 361 g/mol. The van der Waals surface area contributed by atoms with Gasteiger partial charge in [0.1, 0.15) is 0 Å². The average molecular weight is 362 g/mol. The van der Waals surface area contributed by atoms with Gasteiger partial charge in [0.05, 0.1) is 0 Å². The van der Waals surface area contributed by atoms with Gasteiger partial charge in [-0.05, 0) is 44.4 Å². The van der Waals surface area contributed by atoms with Gasteiger partial charge in [-0.25, -0.2) is 0 Å². The fourth-order valence-electron chi connectivity index (χ4n) is 2.66. The van der Waals surface area contributed by atoms with Crippen molar-refractivity contribution in [3.63, 3.8) is 0 Å². The highest BCUT2D eigenvalue weighted by Crippen LogP contribution is 2.09. The minimum absolute atomic E-state index is 0.000783. The molecule has 0 aromatic rings. The summed E-state index contributed by atoms with van der Waals surface area (Å²) >= 11 is 0. The summed E-state index contributed by atoms with van der Waals surface area (Å²) in [5.41, 5.74) is 0. The summed E-state index contributed by atoms with van der Waals surface area (Å²) in [6.45, 7) is 7.18. The van der Waals surface area contributed by atoms with Crippen molar-refractivity contribution in [1.29, 1.82) is 0 Å². The first kappa shape index (κ1) is 24.7. The Morgan fingerprint density at radius 3 is 1.88 bits per heavy atom. The standard InChI is InChI=1S/C24H43NO/c1-4-5-6-7-8-9-10-11-12-13-14-15-16-17-18-19-20-21-24(26)25-22-23(2)3/h8-9,18-21,23H,4-7,10-17,22H2,1-3H3,(H,25,26)/b9-8-,19-18+,21-20+. The van der Waals surface area contributed by atoms with Gasteiger partial charge in [0.25, 0.3) is 0 Å². The molecule has 0 aliphatic carbocycles. The molecule has 0 saturated carbocycles. The highest BCUT2D eigenvalue weighted by molar-refractivity contribution is 5.87. The van der Waals surface area contributed by atoms with Crippen LogP contribution in [-0.4, -0.2) is 12.5 Å². The fraction of sp³-hybridized carbons (Fsp3) is 0.708. The number of allylic oxidation sites excluding steroid dienone is 5. The molecule has 0 aliphatic rings. The number of hydrogen-bond acceptors (Lipinski definition) is 1. The van der Waals surface area contributed by atoms with Crippen LogP contribution in [0.25, 0.3) is 0 Å². The molecule has 0 aromatic heterocycles. The zero-order valence-electron chi connectivity index (χ0n) is 17.6.